The number of hydrogen-bond acceptors (Lipinski definition) is 2. The van der Waals surface area contributed by atoms with Crippen LogP contribution in [-0.4, -0.2) is 19.3 Å². The zero-order valence-electron chi connectivity index (χ0n) is 17.3. The van der Waals surface area contributed by atoms with Crippen LogP contribution in [-0.2, 0) is 4.74 Å². The van der Waals surface area contributed by atoms with Gasteiger partial charge < -0.3 is 9.47 Å². The molecule has 0 aromatic heterocycles. The summed E-state index contributed by atoms with van der Waals surface area (Å²) in [6.45, 7) is 5.33. The van der Waals surface area contributed by atoms with E-state index in [4.69, 9.17) is 9.47 Å². The van der Waals surface area contributed by atoms with Crippen molar-refractivity contribution >= 4 is 0 Å². The highest BCUT2D eigenvalue weighted by Gasteiger charge is 2.32. The first-order valence-electron chi connectivity index (χ1n) is 11.0. The van der Waals surface area contributed by atoms with Gasteiger partial charge in [0.2, 0.25) is 5.82 Å². The average Bonchev–Trinajstić information content (AvgIpc) is 2.72. The number of hydrogen-bond donors (Lipinski definition) is 0. The van der Waals surface area contributed by atoms with Gasteiger partial charge >= 0.3 is 0 Å². The lowest BCUT2D eigenvalue weighted by molar-refractivity contribution is -0.0150. The van der Waals surface area contributed by atoms with Crippen molar-refractivity contribution in [2.24, 2.45) is 11.8 Å². The Balaban J connectivity index is 1.54. The zero-order chi connectivity index (χ0) is 19.9. The van der Waals surface area contributed by atoms with Gasteiger partial charge in [0.1, 0.15) is 0 Å². The van der Waals surface area contributed by atoms with Gasteiger partial charge in [0.15, 0.2) is 11.6 Å². The van der Waals surface area contributed by atoms with Gasteiger partial charge in [-0.05, 0) is 81.3 Å². The summed E-state index contributed by atoms with van der Waals surface area (Å²) in [6, 6.07) is 3.34. The lowest BCUT2D eigenvalue weighted by Crippen LogP contribution is -2.31. The van der Waals surface area contributed by atoms with Gasteiger partial charge in [-0.15, -0.1) is 0 Å². The molecule has 2 nitrogen and oxygen atoms in total. The Morgan fingerprint density at radius 3 is 2.43 bits per heavy atom. The first kappa shape index (κ1) is 21.3. The van der Waals surface area contributed by atoms with E-state index in [0.29, 0.717) is 24.0 Å². The molecule has 1 saturated heterocycles. The molecule has 2 unspecified atom stereocenters. The molecule has 0 N–H and O–H groups in total. The minimum atomic E-state index is -0.827. The van der Waals surface area contributed by atoms with Crippen LogP contribution in [0.25, 0.3) is 0 Å². The van der Waals surface area contributed by atoms with Gasteiger partial charge in [0.25, 0.3) is 0 Å². The van der Waals surface area contributed by atoms with E-state index in [9.17, 15) is 8.78 Å². The van der Waals surface area contributed by atoms with E-state index in [1.165, 1.54) is 6.42 Å². The van der Waals surface area contributed by atoms with Crippen LogP contribution in [0.2, 0.25) is 0 Å². The molecular weight excluding hydrogens is 358 g/mol. The van der Waals surface area contributed by atoms with E-state index in [-0.39, 0.29) is 17.8 Å². The molecule has 0 amide bonds. The van der Waals surface area contributed by atoms with Crippen molar-refractivity contribution in [1.29, 1.82) is 0 Å². The second kappa shape index (κ2) is 10.4. The van der Waals surface area contributed by atoms with Crippen molar-refractivity contribution in [1.82, 2.24) is 0 Å². The van der Waals surface area contributed by atoms with Gasteiger partial charge in [0, 0.05) is 0 Å². The molecule has 2 aliphatic rings. The summed E-state index contributed by atoms with van der Waals surface area (Å²) in [4.78, 5) is 0. The van der Waals surface area contributed by atoms with Gasteiger partial charge in [0.05, 0.1) is 19.3 Å². The maximum atomic E-state index is 14.6. The molecule has 1 aliphatic heterocycles. The SMILES string of the molecule is C/C=C/C1CCC(C2CCC(c3ccc(OCCCC)c(F)c3F)CC2)CO1. The van der Waals surface area contributed by atoms with Crippen molar-refractivity contribution in [3.63, 3.8) is 0 Å². The molecule has 1 aromatic rings. The minimum Gasteiger partial charge on any atom is -0.490 e. The van der Waals surface area contributed by atoms with Gasteiger partial charge in [-0.3, -0.25) is 0 Å². The van der Waals surface area contributed by atoms with Gasteiger partial charge in [-0.2, -0.15) is 4.39 Å². The lowest BCUT2D eigenvalue weighted by atomic mass is 9.72. The van der Waals surface area contributed by atoms with Crippen LogP contribution < -0.4 is 4.74 Å². The van der Waals surface area contributed by atoms with Crippen LogP contribution in [0.4, 0.5) is 8.78 Å². The molecule has 4 heteroatoms. The molecule has 1 heterocycles. The summed E-state index contributed by atoms with van der Waals surface area (Å²) in [5, 5.41) is 0. The van der Waals surface area contributed by atoms with Crippen LogP contribution >= 0.6 is 0 Å². The highest BCUT2D eigenvalue weighted by atomic mass is 19.2. The third kappa shape index (κ3) is 5.14. The van der Waals surface area contributed by atoms with Gasteiger partial charge in [-0.1, -0.05) is 31.6 Å². The number of halogens is 2. The van der Waals surface area contributed by atoms with E-state index in [2.05, 4.69) is 12.2 Å². The van der Waals surface area contributed by atoms with Crippen molar-refractivity contribution in [2.45, 2.75) is 77.2 Å². The van der Waals surface area contributed by atoms with Crippen LogP contribution in [0.15, 0.2) is 24.3 Å². The maximum Gasteiger partial charge on any atom is 0.200 e. The molecule has 28 heavy (non-hydrogen) atoms. The standard InChI is InChI=1S/C24H34F2O2/c1-3-5-15-27-22-14-13-21(23(25)24(22)26)18-9-7-17(8-10-18)19-11-12-20(6-4-2)28-16-19/h4,6,13-14,17-20H,3,5,7-12,15-16H2,1-2H3/b6-4+. The fourth-order valence-electron chi connectivity index (χ4n) is 4.73. The van der Waals surface area contributed by atoms with Crippen molar-refractivity contribution < 1.29 is 18.3 Å². The normalized spacial score (nSPS) is 28.6. The monoisotopic (exact) mass is 392 g/mol. The molecular formula is C24H34F2O2. The highest BCUT2D eigenvalue weighted by molar-refractivity contribution is 5.33. The van der Waals surface area contributed by atoms with Crippen molar-refractivity contribution in [2.75, 3.05) is 13.2 Å². The van der Waals surface area contributed by atoms with E-state index in [0.717, 1.165) is 51.6 Å². The number of benzene rings is 1. The molecule has 2 fully saturated rings. The van der Waals surface area contributed by atoms with Crippen LogP contribution in [0.1, 0.15) is 76.7 Å². The molecule has 1 aliphatic carbocycles. The Labute approximate surface area is 168 Å². The van der Waals surface area contributed by atoms with Gasteiger partial charge in [-0.25, -0.2) is 4.39 Å². The minimum absolute atomic E-state index is 0.0402. The highest BCUT2D eigenvalue weighted by Crippen LogP contribution is 2.42. The number of allylic oxidation sites excluding steroid dienone is 1. The summed E-state index contributed by atoms with van der Waals surface area (Å²) in [5.74, 6) is -0.140. The van der Waals surface area contributed by atoms with E-state index < -0.39 is 11.6 Å². The van der Waals surface area contributed by atoms with E-state index in [1.54, 1.807) is 12.1 Å². The average molecular weight is 393 g/mol. The predicted molar refractivity (Wildman–Crippen MR) is 109 cm³/mol. The summed E-state index contributed by atoms with van der Waals surface area (Å²) in [6.07, 6.45) is 12.6. The summed E-state index contributed by atoms with van der Waals surface area (Å²) in [7, 11) is 0. The Morgan fingerprint density at radius 1 is 1.04 bits per heavy atom. The third-order valence-electron chi connectivity index (χ3n) is 6.46. The van der Waals surface area contributed by atoms with Crippen LogP contribution in [0, 0.1) is 23.5 Å². The van der Waals surface area contributed by atoms with Crippen molar-refractivity contribution in [3.8, 4) is 5.75 Å². The molecule has 0 spiro atoms. The Morgan fingerprint density at radius 2 is 1.79 bits per heavy atom. The molecule has 2 atom stereocenters. The second-order valence-electron chi connectivity index (χ2n) is 8.33. The Hall–Kier alpha value is -1.42. The van der Waals surface area contributed by atoms with E-state index >= 15 is 0 Å². The number of rotatable bonds is 7. The maximum absolute atomic E-state index is 14.6. The summed E-state index contributed by atoms with van der Waals surface area (Å²) in [5.41, 5.74) is 0.520. The first-order chi connectivity index (χ1) is 13.6. The second-order valence-corrected chi connectivity index (χ2v) is 8.33. The Kier molecular flexibility index (Phi) is 7.90. The Bertz CT molecular complexity index is 642. The topological polar surface area (TPSA) is 18.5 Å². The molecule has 156 valence electrons. The van der Waals surface area contributed by atoms with Crippen molar-refractivity contribution in [3.05, 3.63) is 41.5 Å². The summed E-state index contributed by atoms with van der Waals surface area (Å²) < 4.78 is 40.4. The smallest absolute Gasteiger partial charge is 0.200 e. The fourth-order valence-corrected chi connectivity index (χ4v) is 4.73. The van der Waals surface area contributed by atoms with E-state index in [1.807, 2.05) is 13.8 Å². The first-order valence-corrected chi connectivity index (χ1v) is 11.0. The third-order valence-corrected chi connectivity index (χ3v) is 6.46. The lowest BCUT2D eigenvalue weighted by Gasteiger charge is -2.37. The molecule has 0 bridgehead atoms. The van der Waals surface area contributed by atoms with Crippen LogP contribution in [0.3, 0.4) is 0 Å². The molecule has 1 saturated carbocycles. The predicted octanol–water partition coefficient (Wildman–Crippen LogP) is 6.79. The fraction of sp³-hybridized carbons (Fsp3) is 0.667. The molecule has 3 rings (SSSR count). The zero-order valence-corrected chi connectivity index (χ0v) is 17.3. The molecule has 0 radical (unpaired) electrons. The number of unbranched alkanes of at least 4 members (excludes halogenated alkanes) is 1. The number of ether oxygens (including phenoxy) is 2. The van der Waals surface area contributed by atoms with Crippen LogP contribution in [0.5, 0.6) is 5.75 Å². The summed E-state index contributed by atoms with van der Waals surface area (Å²) >= 11 is 0. The quantitative estimate of drug-likeness (QED) is 0.376. The molecule has 1 aromatic carbocycles. The largest absolute Gasteiger partial charge is 0.490 e.